The van der Waals surface area contributed by atoms with E-state index in [1.54, 1.807) is 6.92 Å². The highest BCUT2D eigenvalue weighted by atomic mass is 35.5. The third kappa shape index (κ3) is 8.50. The fraction of sp³-hybridized carbons (Fsp3) is 0.423. The first-order valence-electron chi connectivity index (χ1n) is 12.5. The lowest BCUT2D eigenvalue weighted by Crippen LogP contribution is -2.42. The Morgan fingerprint density at radius 2 is 1.93 bits per heavy atom. The first-order chi connectivity index (χ1) is 19.3. The molecule has 1 fully saturated rings. The van der Waals surface area contributed by atoms with Crippen LogP contribution in [0.15, 0.2) is 30.3 Å². The average Bonchev–Trinajstić information content (AvgIpc) is 2.91. The number of likely N-dealkylation sites (N-methyl/N-ethyl adjacent to an activating group) is 1. The lowest BCUT2D eigenvalue weighted by atomic mass is 10.1. The zero-order valence-electron chi connectivity index (χ0n) is 22.0. The number of para-hydroxylation sites is 1. The van der Waals surface area contributed by atoms with Crippen molar-refractivity contribution in [2.24, 2.45) is 0 Å². The number of anilines is 2. The molecule has 3 amide bonds. The van der Waals surface area contributed by atoms with Crippen LogP contribution in [0.25, 0.3) is 0 Å². The monoisotopic (exact) mass is 606 g/mol. The van der Waals surface area contributed by atoms with E-state index in [-0.39, 0.29) is 24.0 Å². The molecule has 0 saturated carbocycles. The highest BCUT2D eigenvalue weighted by molar-refractivity contribution is 6.34. The number of amides is 3. The number of hydrogen-bond acceptors (Lipinski definition) is 6. The minimum atomic E-state index is -4.86. The number of hydrogen-bond donors (Lipinski definition) is 3. The number of carbonyl (C=O) groups is 2. The van der Waals surface area contributed by atoms with E-state index in [1.807, 2.05) is 0 Å². The van der Waals surface area contributed by atoms with Crippen molar-refractivity contribution in [3.63, 3.8) is 0 Å². The highest BCUT2D eigenvalue weighted by Crippen LogP contribution is 2.33. The molecule has 0 bridgehead atoms. The van der Waals surface area contributed by atoms with Crippen LogP contribution in [0.1, 0.15) is 43.5 Å². The zero-order valence-corrected chi connectivity index (χ0v) is 22.8. The predicted molar refractivity (Wildman–Crippen MR) is 141 cm³/mol. The van der Waals surface area contributed by atoms with Crippen molar-refractivity contribution in [3.05, 3.63) is 52.6 Å². The summed E-state index contributed by atoms with van der Waals surface area (Å²) in [6.07, 6.45) is -5.45. The molecule has 0 aromatic heterocycles. The summed E-state index contributed by atoms with van der Waals surface area (Å²) < 4.78 is 84.9. The molecule has 15 heteroatoms. The maximum Gasteiger partial charge on any atom is 0.425 e. The first kappa shape index (κ1) is 32.0. The molecule has 3 rings (SSSR count). The molecule has 41 heavy (non-hydrogen) atoms. The van der Waals surface area contributed by atoms with E-state index in [4.69, 9.17) is 31.2 Å². The molecule has 2 atom stereocenters. The highest BCUT2D eigenvalue weighted by Gasteiger charge is 2.39. The van der Waals surface area contributed by atoms with Crippen molar-refractivity contribution in [1.29, 1.82) is 5.41 Å². The Hall–Kier alpha value is -3.49. The Morgan fingerprint density at radius 1 is 1.20 bits per heavy atom. The summed E-state index contributed by atoms with van der Waals surface area (Å²) in [6.45, 7) is 2.40. The number of halogens is 6. The Bertz CT molecular complexity index is 1250. The number of nitrogens with one attached hydrogen (secondary N) is 3. The van der Waals surface area contributed by atoms with E-state index in [9.17, 15) is 27.2 Å². The van der Waals surface area contributed by atoms with Gasteiger partial charge in [-0.15, -0.1) is 0 Å². The van der Waals surface area contributed by atoms with Crippen molar-refractivity contribution in [3.8, 4) is 5.75 Å². The lowest BCUT2D eigenvalue weighted by Gasteiger charge is -2.26. The van der Waals surface area contributed by atoms with E-state index in [1.165, 1.54) is 12.1 Å². The van der Waals surface area contributed by atoms with Crippen LogP contribution in [0.3, 0.4) is 0 Å². The van der Waals surface area contributed by atoms with Crippen LogP contribution in [-0.4, -0.2) is 61.0 Å². The maximum atomic E-state index is 15.1. The van der Waals surface area contributed by atoms with Gasteiger partial charge in [0.2, 0.25) is 0 Å². The van der Waals surface area contributed by atoms with Gasteiger partial charge in [-0.05, 0) is 51.3 Å². The number of nitrogens with zero attached hydrogens (tertiary/aromatic N) is 1. The molecule has 1 unspecified atom stereocenters. The molecular weight excluding hydrogens is 579 g/mol. The summed E-state index contributed by atoms with van der Waals surface area (Å²) in [5.41, 5.74) is -1.84. The van der Waals surface area contributed by atoms with E-state index in [0.29, 0.717) is 32.1 Å². The van der Waals surface area contributed by atoms with Gasteiger partial charge in [-0.25, -0.2) is 13.6 Å². The van der Waals surface area contributed by atoms with Crippen molar-refractivity contribution in [2.45, 2.75) is 51.7 Å². The summed E-state index contributed by atoms with van der Waals surface area (Å²) in [6, 6.07) is 3.73. The van der Waals surface area contributed by atoms with Crippen LogP contribution in [0, 0.1) is 17.0 Å². The quantitative estimate of drug-likeness (QED) is 0.170. The second-order valence-electron chi connectivity index (χ2n) is 8.91. The van der Waals surface area contributed by atoms with Crippen molar-refractivity contribution < 1.29 is 45.8 Å². The molecule has 1 heterocycles. The molecular formula is C26H28ClF5N4O5. The van der Waals surface area contributed by atoms with Gasteiger partial charge in [-0.2, -0.15) is 13.2 Å². The Balaban J connectivity index is 1.85. The minimum absolute atomic E-state index is 0.0283. The SMILES string of the molecule is CCN(C(=N)COC1CCCCO1)C(=O)Nc1cc(O[C@@H](C)C(F)(F)F)c(C(=O)Nc2c(F)cccc2Cl)cc1F. The molecule has 1 saturated heterocycles. The van der Waals surface area contributed by atoms with Gasteiger partial charge >= 0.3 is 12.2 Å². The van der Waals surface area contributed by atoms with Crippen LogP contribution in [0.2, 0.25) is 5.02 Å². The van der Waals surface area contributed by atoms with Gasteiger partial charge < -0.3 is 24.8 Å². The molecule has 1 aliphatic rings. The number of ether oxygens (including phenoxy) is 3. The molecule has 0 radical (unpaired) electrons. The second-order valence-corrected chi connectivity index (χ2v) is 9.32. The summed E-state index contributed by atoms with van der Waals surface area (Å²) >= 11 is 5.90. The number of carbonyl (C=O) groups excluding carboxylic acids is 2. The first-order valence-corrected chi connectivity index (χ1v) is 12.9. The number of urea groups is 1. The van der Waals surface area contributed by atoms with Crippen molar-refractivity contribution in [2.75, 3.05) is 30.4 Å². The predicted octanol–water partition coefficient (Wildman–Crippen LogP) is 6.57. The van der Waals surface area contributed by atoms with Crippen LogP contribution in [-0.2, 0) is 9.47 Å². The summed E-state index contributed by atoms with van der Waals surface area (Å²) in [5.74, 6) is -4.42. The topological polar surface area (TPSA) is 113 Å². The number of rotatable bonds is 9. The maximum absolute atomic E-state index is 15.1. The van der Waals surface area contributed by atoms with Gasteiger partial charge in [0.25, 0.3) is 5.91 Å². The third-order valence-electron chi connectivity index (χ3n) is 5.95. The number of benzene rings is 2. The van der Waals surface area contributed by atoms with Gasteiger partial charge in [0.05, 0.1) is 22.0 Å². The fourth-order valence-electron chi connectivity index (χ4n) is 3.71. The van der Waals surface area contributed by atoms with Crippen LogP contribution >= 0.6 is 11.6 Å². The van der Waals surface area contributed by atoms with Crippen LogP contribution in [0.4, 0.5) is 38.1 Å². The molecule has 1 aliphatic heterocycles. The lowest BCUT2D eigenvalue weighted by molar-refractivity contribution is -0.189. The van der Waals surface area contributed by atoms with E-state index >= 15 is 4.39 Å². The van der Waals surface area contributed by atoms with Gasteiger partial charge in [-0.3, -0.25) is 15.1 Å². The largest absolute Gasteiger partial charge is 0.480 e. The van der Waals surface area contributed by atoms with Gasteiger partial charge in [0.1, 0.15) is 29.8 Å². The Kier molecular flexibility index (Phi) is 10.9. The molecule has 0 spiro atoms. The second kappa shape index (κ2) is 13.9. The van der Waals surface area contributed by atoms with Crippen molar-refractivity contribution >= 4 is 40.7 Å². The molecule has 9 nitrogen and oxygen atoms in total. The van der Waals surface area contributed by atoms with E-state index < -0.39 is 64.8 Å². The van der Waals surface area contributed by atoms with Gasteiger partial charge in [-0.1, -0.05) is 17.7 Å². The summed E-state index contributed by atoms with van der Waals surface area (Å²) in [5, 5.41) is 12.3. The molecule has 2 aromatic rings. The van der Waals surface area contributed by atoms with Crippen LogP contribution in [0.5, 0.6) is 5.75 Å². The number of alkyl halides is 3. The van der Waals surface area contributed by atoms with Gasteiger partial charge in [0, 0.05) is 19.2 Å². The number of amidine groups is 1. The van der Waals surface area contributed by atoms with E-state index in [2.05, 4.69) is 10.6 Å². The summed E-state index contributed by atoms with van der Waals surface area (Å²) in [4.78, 5) is 26.7. The van der Waals surface area contributed by atoms with Crippen molar-refractivity contribution in [1.82, 2.24) is 4.90 Å². The molecule has 3 N–H and O–H groups in total. The molecule has 224 valence electrons. The van der Waals surface area contributed by atoms with E-state index in [0.717, 1.165) is 23.8 Å². The Morgan fingerprint density at radius 3 is 2.54 bits per heavy atom. The van der Waals surface area contributed by atoms with Crippen LogP contribution < -0.4 is 15.4 Å². The standard InChI is InChI=1S/C26H28ClF5N4O5/c1-3-36(21(33)13-40-22-9-4-5-10-39-22)25(38)34-19-12-20(41-14(2)26(30,31)32)15(11-18(19)29)24(37)35-23-16(27)7-6-8-17(23)28/h6-8,11-12,14,22,33H,3-5,9-10,13H2,1-2H3,(H,34,38)(H,35,37)/t14-,22?/m0/s1. The normalized spacial score (nSPS) is 16.0. The zero-order chi connectivity index (χ0) is 30.3. The fourth-order valence-corrected chi connectivity index (χ4v) is 3.92. The van der Waals surface area contributed by atoms with Gasteiger partial charge in [0.15, 0.2) is 12.4 Å². The third-order valence-corrected chi connectivity index (χ3v) is 6.27. The Labute approximate surface area is 237 Å². The summed E-state index contributed by atoms with van der Waals surface area (Å²) in [7, 11) is 0. The smallest absolute Gasteiger partial charge is 0.425 e. The minimum Gasteiger partial charge on any atom is -0.480 e. The average molecular weight is 607 g/mol. The molecule has 2 aromatic carbocycles. The molecule has 0 aliphatic carbocycles.